The molecule has 0 aliphatic carbocycles. The third-order valence-corrected chi connectivity index (χ3v) is 3.39. The Morgan fingerprint density at radius 2 is 1.65 bits per heavy atom. The van der Waals surface area contributed by atoms with Crippen LogP contribution in [-0.2, 0) is 0 Å². The number of para-hydroxylation sites is 2. The lowest BCUT2D eigenvalue weighted by molar-refractivity contribution is 0.289. The van der Waals surface area contributed by atoms with Crippen LogP contribution < -0.4 is 9.80 Å². The topological polar surface area (TPSA) is 46.9 Å². The van der Waals surface area contributed by atoms with Gasteiger partial charge in [-0.3, -0.25) is 0 Å². The molecule has 108 valence electrons. The second kappa shape index (κ2) is 7.12. The summed E-state index contributed by atoms with van der Waals surface area (Å²) >= 11 is 0. The minimum atomic E-state index is 0.178. The Hall–Kier alpha value is -1.78. The molecule has 0 saturated carbocycles. The molecule has 4 heteroatoms. The minimum absolute atomic E-state index is 0.178. The van der Waals surface area contributed by atoms with Crippen LogP contribution in [0.1, 0.15) is 12.8 Å². The van der Waals surface area contributed by atoms with Crippen LogP contribution in [-0.4, -0.2) is 36.5 Å². The van der Waals surface area contributed by atoms with Gasteiger partial charge in [0.2, 0.25) is 0 Å². The summed E-state index contributed by atoms with van der Waals surface area (Å²) < 4.78 is 0. The van der Waals surface area contributed by atoms with Crippen molar-refractivity contribution in [3.8, 4) is 0 Å². The van der Waals surface area contributed by atoms with Crippen molar-refractivity contribution in [1.29, 1.82) is 0 Å². The molecule has 1 aliphatic rings. The summed E-state index contributed by atoms with van der Waals surface area (Å²) in [5, 5.41) is 18.1. The predicted octanol–water partition coefficient (Wildman–Crippen LogP) is 2.11. The number of rotatable bonds is 7. The van der Waals surface area contributed by atoms with Crippen molar-refractivity contribution in [3.05, 3.63) is 48.8 Å². The Morgan fingerprint density at radius 1 is 1.00 bits per heavy atom. The molecule has 0 bridgehead atoms. The van der Waals surface area contributed by atoms with Gasteiger partial charge >= 0.3 is 0 Å². The molecule has 1 heterocycles. The SMILES string of the molecule is C=CC1=CN(CCCO)c2ccccc2N1CCCO. The summed E-state index contributed by atoms with van der Waals surface area (Å²) in [6, 6.07) is 8.19. The van der Waals surface area contributed by atoms with E-state index in [0.29, 0.717) is 0 Å². The Labute approximate surface area is 120 Å². The Morgan fingerprint density at radius 3 is 2.30 bits per heavy atom. The number of anilines is 2. The first-order chi connectivity index (χ1) is 9.81. The molecule has 0 saturated heterocycles. The molecule has 0 atom stereocenters. The lowest BCUT2D eigenvalue weighted by atomic mass is 10.1. The summed E-state index contributed by atoms with van der Waals surface area (Å²) in [5.41, 5.74) is 3.27. The molecule has 1 aromatic carbocycles. The molecule has 2 N–H and O–H groups in total. The number of aliphatic hydroxyl groups is 2. The molecule has 20 heavy (non-hydrogen) atoms. The van der Waals surface area contributed by atoms with Crippen molar-refractivity contribution >= 4 is 11.4 Å². The molecular weight excluding hydrogens is 252 g/mol. The van der Waals surface area contributed by atoms with E-state index in [1.807, 2.05) is 18.2 Å². The average molecular weight is 274 g/mol. The number of nitrogens with zero attached hydrogens (tertiary/aromatic N) is 2. The Bertz CT molecular complexity index is 485. The van der Waals surface area contributed by atoms with E-state index in [1.165, 1.54) is 0 Å². The number of fused-ring (bicyclic) bond motifs is 1. The maximum Gasteiger partial charge on any atom is 0.0652 e. The van der Waals surface area contributed by atoms with Gasteiger partial charge < -0.3 is 20.0 Å². The zero-order valence-electron chi connectivity index (χ0n) is 11.7. The molecule has 0 radical (unpaired) electrons. The molecule has 0 spiro atoms. The molecular formula is C16H22N2O2. The number of hydrogen-bond acceptors (Lipinski definition) is 4. The van der Waals surface area contributed by atoms with Gasteiger partial charge in [0.15, 0.2) is 0 Å². The summed E-state index contributed by atoms with van der Waals surface area (Å²) in [6.45, 7) is 5.78. The van der Waals surface area contributed by atoms with Gasteiger partial charge in [0.25, 0.3) is 0 Å². The molecule has 0 fully saturated rings. The highest BCUT2D eigenvalue weighted by Gasteiger charge is 2.21. The van der Waals surface area contributed by atoms with Gasteiger partial charge in [-0.05, 0) is 31.1 Å². The minimum Gasteiger partial charge on any atom is -0.396 e. The van der Waals surface area contributed by atoms with Crippen molar-refractivity contribution in [3.63, 3.8) is 0 Å². The average Bonchev–Trinajstić information content (AvgIpc) is 2.50. The fourth-order valence-corrected chi connectivity index (χ4v) is 2.44. The first-order valence-corrected chi connectivity index (χ1v) is 7.01. The van der Waals surface area contributed by atoms with Gasteiger partial charge in [-0.2, -0.15) is 0 Å². The van der Waals surface area contributed by atoms with Crippen LogP contribution in [0.5, 0.6) is 0 Å². The first kappa shape index (κ1) is 14.6. The summed E-state index contributed by atoms with van der Waals surface area (Å²) in [5.74, 6) is 0. The highest BCUT2D eigenvalue weighted by Crippen LogP contribution is 2.36. The molecule has 0 aromatic heterocycles. The summed E-state index contributed by atoms with van der Waals surface area (Å²) in [6.07, 6.45) is 5.34. The van der Waals surface area contributed by atoms with Crippen molar-refractivity contribution < 1.29 is 10.2 Å². The maximum atomic E-state index is 9.06. The second-order valence-corrected chi connectivity index (χ2v) is 4.75. The lowest BCUT2D eigenvalue weighted by Crippen LogP contribution is -2.33. The predicted molar refractivity (Wildman–Crippen MR) is 82.8 cm³/mol. The van der Waals surface area contributed by atoms with E-state index in [1.54, 1.807) is 0 Å². The van der Waals surface area contributed by atoms with Crippen molar-refractivity contribution in [1.82, 2.24) is 0 Å². The van der Waals surface area contributed by atoms with E-state index >= 15 is 0 Å². The first-order valence-electron chi connectivity index (χ1n) is 7.01. The number of hydrogen-bond donors (Lipinski definition) is 2. The van der Waals surface area contributed by atoms with Crippen LogP contribution in [0.15, 0.2) is 48.8 Å². The molecule has 1 aromatic rings. The highest BCUT2D eigenvalue weighted by molar-refractivity contribution is 5.78. The number of aliphatic hydroxyl groups excluding tert-OH is 2. The van der Waals surface area contributed by atoms with Gasteiger partial charge in [0.05, 0.1) is 17.1 Å². The zero-order chi connectivity index (χ0) is 14.4. The Balaban J connectivity index is 2.33. The van der Waals surface area contributed by atoms with Crippen molar-refractivity contribution in [2.24, 2.45) is 0 Å². The zero-order valence-corrected chi connectivity index (χ0v) is 11.7. The molecule has 1 aliphatic heterocycles. The fourth-order valence-electron chi connectivity index (χ4n) is 2.44. The third-order valence-electron chi connectivity index (χ3n) is 3.39. The summed E-state index contributed by atoms with van der Waals surface area (Å²) in [4.78, 5) is 4.33. The van der Waals surface area contributed by atoms with E-state index in [4.69, 9.17) is 10.2 Å². The van der Waals surface area contributed by atoms with Crippen LogP contribution in [0.2, 0.25) is 0 Å². The highest BCUT2D eigenvalue weighted by atomic mass is 16.3. The number of benzene rings is 1. The van der Waals surface area contributed by atoms with Gasteiger partial charge in [-0.1, -0.05) is 18.7 Å². The van der Waals surface area contributed by atoms with Gasteiger partial charge in [0.1, 0.15) is 0 Å². The van der Waals surface area contributed by atoms with E-state index in [0.717, 1.165) is 43.0 Å². The van der Waals surface area contributed by atoms with E-state index in [-0.39, 0.29) is 13.2 Å². The molecule has 2 rings (SSSR count). The van der Waals surface area contributed by atoms with Crippen LogP contribution in [0, 0.1) is 0 Å². The smallest absolute Gasteiger partial charge is 0.0652 e. The second-order valence-electron chi connectivity index (χ2n) is 4.75. The van der Waals surface area contributed by atoms with Crippen LogP contribution in [0.3, 0.4) is 0 Å². The van der Waals surface area contributed by atoms with E-state index in [9.17, 15) is 0 Å². The fraction of sp³-hybridized carbons (Fsp3) is 0.375. The lowest BCUT2D eigenvalue weighted by Gasteiger charge is -2.37. The van der Waals surface area contributed by atoms with Gasteiger partial charge in [0, 0.05) is 32.5 Å². The van der Waals surface area contributed by atoms with Gasteiger partial charge in [-0.15, -0.1) is 0 Å². The third kappa shape index (κ3) is 3.03. The van der Waals surface area contributed by atoms with Crippen LogP contribution in [0.4, 0.5) is 11.4 Å². The van der Waals surface area contributed by atoms with E-state index < -0.39 is 0 Å². The standard InChI is InChI=1S/C16H22N2O2/c1-2-14-13-17(9-5-11-19)15-7-3-4-8-16(15)18(14)10-6-12-20/h2-4,7-8,13,19-20H,1,5-6,9-12H2. The van der Waals surface area contributed by atoms with E-state index in [2.05, 4.69) is 34.7 Å². The molecule has 4 nitrogen and oxygen atoms in total. The molecule has 0 amide bonds. The van der Waals surface area contributed by atoms with Crippen molar-refractivity contribution in [2.45, 2.75) is 12.8 Å². The Kier molecular flexibility index (Phi) is 5.21. The number of allylic oxidation sites excluding steroid dienone is 1. The molecule has 0 unspecified atom stereocenters. The normalized spacial score (nSPS) is 14.0. The van der Waals surface area contributed by atoms with Gasteiger partial charge in [-0.25, -0.2) is 0 Å². The van der Waals surface area contributed by atoms with Crippen LogP contribution in [0.25, 0.3) is 0 Å². The van der Waals surface area contributed by atoms with Crippen LogP contribution >= 0.6 is 0 Å². The maximum absolute atomic E-state index is 9.06. The largest absolute Gasteiger partial charge is 0.396 e. The summed E-state index contributed by atoms with van der Waals surface area (Å²) in [7, 11) is 0. The monoisotopic (exact) mass is 274 g/mol. The van der Waals surface area contributed by atoms with Crippen molar-refractivity contribution in [2.75, 3.05) is 36.1 Å². The quantitative estimate of drug-likeness (QED) is 0.799.